The van der Waals surface area contributed by atoms with E-state index in [0.29, 0.717) is 11.2 Å². The SMILES string of the molecule is CCc1c(Cl)ncnc1N1CCCC1CN(C)C. The lowest BCUT2D eigenvalue weighted by atomic mass is 10.2. The topological polar surface area (TPSA) is 32.3 Å². The van der Waals surface area contributed by atoms with E-state index in [1.165, 1.54) is 12.8 Å². The highest BCUT2D eigenvalue weighted by atomic mass is 35.5. The lowest BCUT2D eigenvalue weighted by Gasteiger charge is -2.29. The summed E-state index contributed by atoms with van der Waals surface area (Å²) in [5, 5.41) is 0.595. The molecule has 2 rings (SSSR count). The van der Waals surface area contributed by atoms with Gasteiger partial charge in [0.25, 0.3) is 0 Å². The Morgan fingerprint density at radius 1 is 1.44 bits per heavy atom. The van der Waals surface area contributed by atoms with Gasteiger partial charge in [0.2, 0.25) is 0 Å². The van der Waals surface area contributed by atoms with Crippen LogP contribution in [-0.2, 0) is 6.42 Å². The van der Waals surface area contributed by atoms with Crippen LogP contribution in [0.15, 0.2) is 6.33 Å². The predicted molar refractivity (Wildman–Crippen MR) is 75.3 cm³/mol. The monoisotopic (exact) mass is 268 g/mol. The van der Waals surface area contributed by atoms with Crippen molar-refractivity contribution in [1.29, 1.82) is 0 Å². The number of hydrogen-bond acceptors (Lipinski definition) is 4. The number of anilines is 1. The molecule has 1 atom stereocenters. The minimum atomic E-state index is 0.538. The van der Waals surface area contributed by atoms with Crippen LogP contribution in [-0.4, -0.2) is 48.1 Å². The third kappa shape index (κ3) is 2.75. The van der Waals surface area contributed by atoms with Crippen LogP contribution in [0.4, 0.5) is 5.82 Å². The summed E-state index contributed by atoms with van der Waals surface area (Å²) >= 11 is 6.17. The van der Waals surface area contributed by atoms with E-state index in [-0.39, 0.29) is 0 Å². The van der Waals surface area contributed by atoms with Gasteiger partial charge in [0, 0.05) is 24.7 Å². The quantitative estimate of drug-likeness (QED) is 0.784. The first kappa shape index (κ1) is 13.6. The van der Waals surface area contributed by atoms with Crippen molar-refractivity contribution in [3.8, 4) is 0 Å². The number of nitrogens with zero attached hydrogens (tertiary/aromatic N) is 4. The number of likely N-dealkylation sites (N-methyl/N-ethyl adjacent to an activating group) is 1. The van der Waals surface area contributed by atoms with Crippen molar-refractivity contribution >= 4 is 17.4 Å². The van der Waals surface area contributed by atoms with E-state index in [1.807, 2.05) is 0 Å². The molecule has 1 aliphatic rings. The molecule has 1 unspecified atom stereocenters. The minimum Gasteiger partial charge on any atom is -0.352 e. The summed E-state index contributed by atoms with van der Waals surface area (Å²) in [4.78, 5) is 13.2. The molecule has 18 heavy (non-hydrogen) atoms. The van der Waals surface area contributed by atoms with Crippen LogP contribution in [0, 0.1) is 0 Å². The Hall–Kier alpha value is -0.870. The molecule has 0 aromatic carbocycles. The van der Waals surface area contributed by atoms with Crippen molar-refractivity contribution in [1.82, 2.24) is 14.9 Å². The molecule has 1 saturated heterocycles. The van der Waals surface area contributed by atoms with Crippen LogP contribution in [0.5, 0.6) is 0 Å². The molecule has 0 N–H and O–H groups in total. The third-order valence-corrected chi connectivity index (χ3v) is 3.77. The first-order chi connectivity index (χ1) is 8.63. The minimum absolute atomic E-state index is 0.538. The standard InChI is InChI=1S/C13H21ClN4/c1-4-11-12(14)15-9-16-13(11)18-7-5-6-10(18)8-17(2)3/h9-10H,4-8H2,1-3H3. The second-order valence-electron chi connectivity index (χ2n) is 5.07. The molecule has 5 heteroatoms. The Morgan fingerprint density at radius 2 is 2.22 bits per heavy atom. The Morgan fingerprint density at radius 3 is 2.89 bits per heavy atom. The fourth-order valence-electron chi connectivity index (χ4n) is 2.66. The summed E-state index contributed by atoms with van der Waals surface area (Å²) in [6.45, 7) is 4.23. The van der Waals surface area contributed by atoms with Crippen molar-refractivity contribution in [3.05, 3.63) is 17.0 Å². The highest BCUT2D eigenvalue weighted by Crippen LogP contribution is 2.30. The molecular weight excluding hydrogens is 248 g/mol. The van der Waals surface area contributed by atoms with E-state index in [2.05, 4.69) is 40.8 Å². The highest BCUT2D eigenvalue weighted by Gasteiger charge is 2.28. The van der Waals surface area contributed by atoms with Gasteiger partial charge in [-0.25, -0.2) is 9.97 Å². The maximum atomic E-state index is 6.17. The van der Waals surface area contributed by atoms with Gasteiger partial charge in [0.15, 0.2) is 0 Å². The van der Waals surface area contributed by atoms with Crippen LogP contribution < -0.4 is 4.90 Å². The number of aromatic nitrogens is 2. The smallest absolute Gasteiger partial charge is 0.137 e. The average Bonchev–Trinajstić information content (AvgIpc) is 2.75. The summed E-state index contributed by atoms with van der Waals surface area (Å²) in [7, 11) is 4.23. The Bertz CT molecular complexity index is 408. The van der Waals surface area contributed by atoms with E-state index in [0.717, 1.165) is 30.9 Å². The molecule has 0 spiro atoms. The van der Waals surface area contributed by atoms with Crippen molar-refractivity contribution in [2.24, 2.45) is 0 Å². The number of halogens is 1. The van der Waals surface area contributed by atoms with Gasteiger partial charge in [-0.15, -0.1) is 0 Å². The first-order valence-corrected chi connectivity index (χ1v) is 6.92. The van der Waals surface area contributed by atoms with Gasteiger partial charge in [-0.3, -0.25) is 0 Å². The van der Waals surface area contributed by atoms with Crippen LogP contribution in [0.25, 0.3) is 0 Å². The zero-order valence-electron chi connectivity index (χ0n) is 11.4. The largest absolute Gasteiger partial charge is 0.352 e. The van der Waals surface area contributed by atoms with Crippen LogP contribution in [0.3, 0.4) is 0 Å². The second-order valence-corrected chi connectivity index (χ2v) is 5.43. The molecule has 0 aliphatic carbocycles. The van der Waals surface area contributed by atoms with Crippen LogP contribution in [0.1, 0.15) is 25.3 Å². The van der Waals surface area contributed by atoms with Crippen molar-refractivity contribution in [3.63, 3.8) is 0 Å². The molecule has 0 saturated carbocycles. The fourth-order valence-corrected chi connectivity index (χ4v) is 2.92. The zero-order valence-corrected chi connectivity index (χ0v) is 12.1. The lowest BCUT2D eigenvalue weighted by molar-refractivity contribution is 0.371. The fraction of sp³-hybridized carbons (Fsp3) is 0.692. The van der Waals surface area contributed by atoms with Gasteiger partial charge >= 0.3 is 0 Å². The van der Waals surface area contributed by atoms with Gasteiger partial charge in [0.05, 0.1) is 0 Å². The van der Waals surface area contributed by atoms with E-state index in [4.69, 9.17) is 11.6 Å². The van der Waals surface area contributed by atoms with Crippen LogP contribution >= 0.6 is 11.6 Å². The van der Waals surface area contributed by atoms with Gasteiger partial charge in [-0.1, -0.05) is 18.5 Å². The molecular formula is C13H21ClN4. The highest BCUT2D eigenvalue weighted by molar-refractivity contribution is 6.30. The molecule has 1 aliphatic heterocycles. The summed E-state index contributed by atoms with van der Waals surface area (Å²) in [5.41, 5.74) is 1.07. The molecule has 0 radical (unpaired) electrons. The average molecular weight is 269 g/mol. The number of rotatable bonds is 4. The van der Waals surface area contributed by atoms with E-state index in [9.17, 15) is 0 Å². The zero-order chi connectivity index (χ0) is 13.1. The van der Waals surface area contributed by atoms with Crippen molar-refractivity contribution in [2.45, 2.75) is 32.2 Å². The van der Waals surface area contributed by atoms with E-state index >= 15 is 0 Å². The lowest BCUT2D eigenvalue weighted by Crippen LogP contribution is -2.38. The molecule has 1 fully saturated rings. The Balaban J connectivity index is 2.27. The number of hydrogen-bond donors (Lipinski definition) is 0. The van der Waals surface area contributed by atoms with E-state index < -0.39 is 0 Å². The van der Waals surface area contributed by atoms with Crippen LogP contribution in [0.2, 0.25) is 5.15 Å². The maximum absolute atomic E-state index is 6.17. The normalized spacial score (nSPS) is 19.8. The molecule has 4 nitrogen and oxygen atoms in total. The Labute approximate surface area is 114 Å². The van der Waals surface area contributed by atoms with Crippen molar-refractivity contribution in [2.75, 3.05) is 32.1 Å². The maximum Gasteiger partial charge on any atom is 0.137 e. The second kappa shape index (κ2) is 5.85. The van der Waals surface area contributed by atoms with Gasteiger partial charge in [-0.05, 0) is 33.4 Å². The molecule has 100 valence electrons. The third-order valence-electron chi connectivity index (χ3n) is 3.45. The predicted octanol–water partition coefficient (Wildman–Crippen LogP) is 2.22. The van der Waals surface area contributed by atoms with Crippen molar-refractivity contribution < 1.29 is 0 Å². The molecule has 1 aromatic rings. The Kier molecular flexibility index (Phi) is 4.40. The summed E-state index contributed by atoms with van der Waals surface area (Å²) in [6.07, 6.45) is 4.90. The summed E-state index contributed by atoms with van der Waals surface area (Å²) < 4.78 is 0. The molecule has 2 heterocycles. The molecule has 0 amide bonds. The van der Waals surface area contributed by atoms with Gasteiger partial charge < -0.3 is 9.80 Å². The molecule has 0 bridgehead atoms. The van der Waals surface area contributed by atoms with Gasteiger partial charge in [-0.2, -0.15) is 0 Å². The summed E-state index contributed by atoms with van der Waals surface area (Å²) in [5.74, 6) is 1.03. The van der Waals surface area contributed by atoms with Gasteiger partial charge in [0.1, 0.15) is 17.3 Å². The first-order valence-electron chi connectivity index (χ1n) is 6.54. The van der Waals surface area contributed by atoms with E-state index in [1.54, 1.807) is 6.33 Å². The summed E-state index contributed by atoms with van der Waals surface area (Å²) in [6, 6.07) is 0.538. The molecule has 1 aromatic heterocycles.